The van der Waals surface area contributed by atoms with Crippen LogP contribution in [0.3, 0.4) is 0 Å². The van der Waals surface area contributed by atoms with E-state index in [0.717, 1.165) is 12.8 Å². The molecule has 0 spiro atoms. The molecule has 2 saturated carbocycles. The van der Waals surface area contributed by atoms with Gasteiger partial charge in [0.1, 0.15) is 41.2 Å². The Balaban J connectivity index is 1.20. The Bertz CT molecular complexity index is 2020. The zero-order valence-electron chi connectivity index (χ0n) is 28.5. The highest BCUT2D eigenvalue weighted by Crippen LogP contribution is 2.46. The van der Waals surface area contributed by atoms with E-state index in [0.29, 0.717) is 43.3 Å². The van der Waals surface area contributed by atoms with Crippen molar-refractivity contribution in [3.05, 3.63) is 59.9 Å². The lowest BCUT2D eigenvalue weighted by atomic mass is 10.0. The maximum absolute atomic E-state index is 14.7. The predicted octanol–water partition coefficient (Wildman–Crippen LogP) is 2.47. The number of hydrogen-bond donors (Lipinski definition) is 3. The summed E-state index contributed by atoms with van der Waals surface area (Å²) >= 11 is 0. The number of carbonyl (C=O) groups excluding carboxylic acids is 4. The molecular weight excluding hydrogens is 697 g/mol. The normalized spacial score (nSPS) is 26.8. The summed E-state index contributed by atoms with van der Waals surface area (Å²) in [6.07, 6.45) is 8.63. The molecule has 1 aromatic carbocycles. The second kappa shape index (κ2) is 14.2. The fourth-order valence-electron chi connectivity index (χ4n) is 6.96. The molecule has 1 saturated heterocycles. The number of hydrogen-bond acceptors (Lipinski definition) is 11. The first kappa shape index (κ1) is 35.5. The average Bonchev–Trinajstić information content (AvgIpc) is 3.98. The molecule has 5 atom stereocenters. The Labute approximate surface area is 299 Å². The van der Waals surface area contributed by atoms with Crippen molar-refractivity contribution in [1.29, 1.82) is 0 Å². The Hall–Kier alpha value is -4.93. The highest BCUT2D eigenvalue weighted by Gasteiger charge is 2.62. The van der Waals surface area contributed by atoms with Crippen LogP contribution in [0.15, 0.2) is 47.2 Å². The maximum Gasteiger partial charge on any atom is 0.274 e. The topological polar surface area (TPSA) is 203 Å². The minimum absolute atomic E-state index is 0.00827. The molecule has 0 radical (unpaired) electrons. The molecule has 4 amide bonds. The van der Waals surface area contributed by atoms with Gasteiger partial charge < -0.3 is 24.8 Å². The number of allylic oxidation sites excluding steroid dienone is 1. The van der Waals surface area contributed by atoms with Gasteiger partial charge >= 0.3 is 0 Å². The van der Waals surface area contributed by atoms with Crippen LogP contribution in [0.2, 0.25) is 0 Å². The molecule has 3 N–H and O–H groups in total. The number of benzene rings is 1. The van der Waals surface area contributed by atoms with Gasteiger partial charge in [0.2, 0.25) is 27.7 Å². The lowest BCUT2D eigenvalue weighted by molar-refractivity contribution is -0.141. The number of rotatable bonds is 8. The maximum atomic E-state index is 14.7. The van der Waals surface area contributed by atoms with Gasteiger partial charge in [0, 0.05) is 18.4 Å². The van der Waals surface area contributed by atoms with E-state index in [4.69, 9.17) is 9.26 Å². The number of sulfonamides is 1. The lowest BCUT2D eigenvalue weighted by Gasteiger charge is -2.29. The van der Waals surface area contributed by atoms with Gasteiger partial charge in [-0.05, 0) is 57.1 Å². The predicted molar refractivity (Wildman–Crippen MR) is 182 cm³/mol. The fourth-order valence-corrected chi connectivity index (χ4v) is 8.32. The summed E-state index contributed by atoms with van der Waals surface area (Å²) in [4.78, 5) is 65.7. The van der Waals surface area contributed by atoms with E-state index in [1.165, 1.54) is 29.4 Å². The van der Waals surface area contributed by atoms with E-state index < -0.39 is 74.4 Å². The van der Waals surface area contributed by atoms with E-state index >= 15 is 0 Å². The number of fused-ring (bicyclic) bond motifs is 3. The lowest BCUT2D eigenvalue weighted by Crippen LogP contribution is -2.58. The Morgan fingerprint density at radius 1 is 1.13 bits per heavy atom. The van der Waals surface area contributed by atoms with Crippen LogP contribution in [0, 0.1) is 11.7 Å². The van der Waals surface area contributed by atoms with Gasteiger partial charge in [0.25, 0.3) is 11.8 Å². The molecule has 3 aromatic rings. The van der Waals surface area contributed by atoms with Crippen LogP contribution in [0.1, 0.15) is 80.9 Å². The van der Waals surface area contributed by atoms with Crippen molar-refractivity contribution >= 4 is 44.7 Å². The third kappa shape index (κ3) is 7.22. The summed E-state index contributed by atoms with van der Waals surface area (Å²) in [6, 6.07) is 3.57. The van der Waals surface area contributed by atoms with Gasteiger partial charge in [0.15, 0.2) is 11.5 Å². The molecule has 0 unspecified atom stereocenters. The van der Waals surface area contributed by atoms with Crippen LogP contribution >= 0.6 is 0 Å². The number of aryl methyl sites for hydroxylation is 1. The van der Waals surface area contributed by atoms with Crippen molar-refractivity contribution in [2.75, 3.05) is 6.54 Å². The third-order valence-electron chi connectivity index (χ3n) is 10.1. The van der Waals surface area contributed by atoms with Crippen molar-refractivity contribution in [1.82, 2.24) is 35.4 Å². The Morgan fingerprint density at radius 2 is 1.96 bits per heavy atom. The molecule has 15 nitrogen and oxygen atoms in total. The second-order valence-corrected chi connectivity index (χ2v) is 15.8. The number of halogens is 1. The molecule has 4 heterocycles. The minimum atomic E-state index is -3.91. The van der Waals surface area contributed by atoms with Crippen LogP contribution in [-0.2, 0) is 30.8 Å². The SMILES string of the molecule is CCc1nc2cccc(F)c2nc1O[C@@H]1C[C@H]2C(=O)N[C@]3(C(=O)NS(=O)(=O)C4CC4)C[C@H]3C=CCCCCC[C@H](NC(=O)c3ccon3)C(=O)N2C1. The zero-order valence-corrected chi connectivity index (χ0v) is 29.4. The Morgan fingerprint density at radius 3 is 2.71 bits per heavy atom. The van der Waals surface area contributed by atoms with Crippen molar-refractivity contribution in [2.45, 2.75) is 100 Å². The van der Waals surface area contributed by atoms with Gasteiger partial charge in [-0.2, -0.15) is 0 Å². The van der Waals surface area contributed by atoms with Crippen LogP contribution < -0.4 is 20.1 Å². The number of ether oxygens (including phenoxy) is 1. The highest BCUT2D eigenvalue weighted by molar-refractivity contribution is 7.91. The molecule has 2 aliphatic heterocycles. The zero-order chi connectivity index (χ0) is 36.6. The summed E-state index contributed by atoms with van der Waals surface area (Å²) in [5, 5.41) is 8.60. The van der Waals surface area contributed by atoms with Crippen LogP contribution in [0.5, 0.6) is 5.88 Å². The van der Waals surface area contributed by atoms with E-state index in [-0.39, 0.29) is 42.9 Å². The van der Waals surface area contributed by atoms with Crippen molar-refractivity contribution in [2.24, 2.45) is 5.92 Å². The van der Waals surface area contributed by atoms with Crippen LogP contribution in [-0.4, -0.2) is 87.6 Å². The smallest absolute Gasteiger partial charge is 0.274 e. The second-order valence-electron chi connectivity index (χ2n) is 13.8. The van der Waals surface area contributed by atoms with Crippen molar-refractivity contribution in [3.8, 4) is 5.88 Å². The van der Waals surface area contributed by atoms with Crippen molar-refractivity contribution in [3.63, 3.8) is 0 Å². The molecule has 52 heavy (non-hydrogen) atoms. The number of para-hydroxylation sites is 1. The standard InChI is InChI=1S/C35H40FN7O8S/c1-2-24-32(39-29-23(36)10-8-12-25(29)37-24)51-21-17-28-31(45)40-35(34(47)42-52(48,49)22-13-14-22)18-20(35)9-6-4-3-5-7-11-27(33(46)43(28)19-21)38-30(44)26-15-16-50-41-26/h6,8-10,12,15-16,20-22,27-28H,2-5,7,11,13-14,17-19H2,1H3,(H,38,44)(H,40,45)(H,42,47)/t20-,21-,27+,28+,35-/m1/s1. The summed E-state index contributed by atoms with van der Waals surface area (Å²) in [5.41, 5.74) is -0.747. The van der Waals surface area contributed by atoms with Gasteiger partial charge in [-0.3, -0.25) is 23.9 Å². The summed E-state index contributed by atoms with van der Waals surface area (Å²) < 4.78 is 53.6. The Kier molecular flexibility index (Phi) is 9.71. The summed E-state index contributed by atoms with van der Waals surface area (Å²) in [5.74, 6) is -3.67. The third-order valence-corrected chi connectivity index (χ3v) is 11.9. The molecule has 2 aliphatic carbocycles. The van der Waals surface area contributed by atoms with E-state index in [2.05, 4.69) is 30.5 Å². The molecular formula is C35H40FN7O8S. The monoisotopic (exact) mass is 737 g/mol. The van der Waals surface area contributed by atoms with E-state index in [9.17, 15) is 32.0 Å². The number of carbonyl (C=O) groups is 4. The molecule has 0 bridgehead atoms. The number of nitrogens with one attached hydrogen (secondary N) is 3. The number of nitrogens with zero attached hydrogens (tertiary/aromatic N) is 4. The molecule has 7 rings (SSSR count). The first-order valence-corrected chi connectivity index (χ1v) is 19.2. The number of amides is 4. The molecule has 17 heteroatoms. The van der Waals surface area contributed by atoms with Gasteiger partial charge in [-0.1, -0.05) is 43.1 Å². The van der Waals surface area contributed by atoms with Gasteiger partial charge in [-0.25, -0.2) is 22.8 Å². The van der Waals surface area contributed by atoms with Crippen LogP contribution in [0.25, 0.3) is 11.0 Å². The first-order chi connectivity index (χ1) is 25.0. The molecule has 276 valence electrons. The van der Waals surface area contributed by atoms with Gasteiger partial charge in [0.05, 0.1) is 17.3 Å². The average molecular weight is 738 g/mol. The number of aromatic nitrogens is 3. The fraction of sp³-hybridized carbons (Fsp3) is 0.514. The van der Waals surface area contributed by atoms with E-state index in [1.807, 2.05) is 19.1 Å². The quantitative estimate of drug-likeness (QED) is 0.287. The summed E-state index contributed by atoms with van der Waals surface area (Å²) in [7, 11) is -3.91. The van der Waals surface area contributed by atoms with Crippen molar-refractivity contribution < 1.29 is 41.2 Å². The van der Waals surface area contributed by atoms with Crippen LogP contribution in [0.4, 0.5) is 4.39 Å². The first-order valence-electron chi connectivity index (χ1n) is 17.7. The largest absolute Gasteiger partial charge is 0.471 e. The van der Waals surface area contributed by atoms with Gasteiger partial charge in [-0.15, -0.1) is 0 Å². The molecule has 2 aromatic heterocycles. The molecule has 4 aliphatic rings. The highest BCUT2D eigenvalue weighted by atomic mass is 32.2. The van der Waals surface area contributed by atoms with E-state index in [1.54, 1.807) is 6.07 Å². The minimum Gasteiger partial charge on any atom is -0.471 e. The molecule has 3 fully saturated rings. The summed E-state index contributed by atoms with van der Waals surface area (Å²) in [6.45, 7) is 1.74.